The fourth-order valence-electron chi connectivity index (χ4n) is 1.84. The molecule has 0 radical (unpaired) electrons. The van der Waals surface area contributed by atoms with Crippen LogP contribution in [0.25, 0.3) is 10.9 Å². The van der Waals surface area contributed by atoms with Crippen LogP contribution in [0, 0.1) is 6.92 Å². The molecule has 1 heterocycles. The summed E-state index contributed by atoms with van der Waals surface area (Å²) >= 11 is 6.28. The van der Waals surface area contributed by atoms with E-state index in [1.807, 2.05) is 31.2 Å². The third kappa shape index (κ3) is 2.39. The lowest BCUT2D eigenvalue weighted by Gasteiger charge is -2.11. The average Bonchev–Trinajstić information content (AvgIpc) is 2.28. The van der Waals surface area contributed by atoms with E-state index < -0.39 is 5.97 Å². The van der Waals surface area contributed by atoms with E-state index in [0.29, 0.717) is 11.4 Å². The van der Waals surface area contributed by atoms with E-state index in [4.69, 9.17) is 11.6 Å². The zero-order valence-electron chi connectivity index (χ0n) is 9.37. The van der Waals surface area contributed by atoms with E-state index in [2.05, 4.69) is 4.98 Å². The smallest absolute Gasteiger partial charge is 0.0720 e. The van der Waals surface area contributed by atoms with Gasteiger partial charge < -0.3 is 9.90 Å². The monoisotopic (exact) mass is 248 g/mol. The average molecular weight is 249 g/mol. The summed E-state index contributed by atoms with van der Waals surface area (Å²) < 4.78 is 0. The molecule has 0 aliphatic carbocycles. The highest BCUT2D eigenvalue weighted by Crippen LogP contribution is 2.28. The maximum atomic E-state index is 10.5. The number of carbonyl (C=O) groups is 1. The molecule has 1 aromatic heterocycles. The number of nitrogens with zero attached hydrogens (tertiary/aromatic N) is 1. The summed E-state index contributed by atoms with van der Waals surface area (Å²) in [5, 5.41) is 11.9. The number of para-hydroxylation sites is 1. The Morgan fingerprint density at radius 1 is 1.41 bits per heavy atom. The number of hydrogen-bond donors (Lipinski definition) is 0. The molecule has 4 heteroatoms. The predicted octanol–water partition coefficient (Wildman–Crippen LogP) is 1.88. The molecule has 0 saturated carbocycles. The Morgan fingerprint density at radius 2 is 2.12 bits per heavy atom. The van der Waals surface area contributed by atoms with Gasteiger partial charge in [0.15, 0.2) is 0 Å². The molecule has 0 atom stereocenters. The summed E-state index contributed by atoms with van der Waals surface area (Å²) in [6, 6.07) is 7.54. The third-order valence-corrected chi connectivity index (χ3v) is 3.14. The molecule has 0 amide bonds. The minimum atomic E-state index is -1.08. The molecule has 0 bridgehead atoms. The Morgan fingerprint density at radius 3 is 2.82 bits per heavy atom. The molecular weight excluding hydrogens is 238 g/mol. The van der Waals surface area contributed by atoms with Crippen molar-refractivity contribution in [2.24, 2.45) is 0 Å². The van der Waals surface area contributed by atoms with E-state index in [-0.39, 0.29) is 6.42 Å². The Balaban J connectivity index is 2.51. The predicted molar refractivity (Wildman–Crippen MR) is 64.8 cm³/mol. The first kappa shape index (κ1) is 11.9. The summed E-state index contributed by atoms with van der Waals surface area (Å²) in [5.41, 5.74) is 2.39. The molecule has 17 heavy (non-hydrogen) atoms. The number of carboxylic acids is 1. The first-order valence-electron chi connectivity index (χ1n) is 5.33. The number of rotatable bonds is 3. The number of carboxylic acid groups (broad SMARTS) is 1. The van der Waals surface area contributed by atoms with Crippen molar-refractivity contribution < 1.29 is 9.90 Å². The van der Waals surface area contributed by atoms with Gasteiger partial charge in [0, 0.05) is 17.0 Å². The zero-order valence-corrected chi connectivity index (χ0v) is 10.1. The lowest BCUT2D eigenvalue weighted by atomic mass is 10.1. The number of aromatic nitrogens is 1. The minimum Gasteiger partial charge on any atom is -0.550 e. The number of halogens is 1. The van der Waals surface area contributed by atoms with Crippen molar-refractivity contribution in [3.8, 4) is 0 Å². The van der Waals surface area contributed by atoms with Crippen molar-refractivity contribution in [1.82, 2.24) is 4.98 Å². The highest BCUT2D eigenvalue weighted by atomic mass is 35.5. The second kappa shape index (κ2) is 4.72. The highest BCUT2D eigenvalue weighted by molar-refractivity contribution is 6.36. The molecule has 2 rings (SSSR count). The summed E-state index contributed by atoms with van der Waals surface area (Å²) in [7, 11) is 0. The highest BCUT2D eigenvalue weighted by Gasteiger charge is 2.10. The van der Waals surface area contributed by atoms with Crippen LogP contribution >= 0.6 is 11.6 Å². The van der Waals surface area contributed by atoms with Crippen LogP contribution in [-0.4, -0.2) is 11.0 Å². The van der Waals surface area contributed by atoms with Gasteiger partial charge in [0.05, 0.1) is 10.5 Å². The van der Waals surface area contributed by atoms with Crippen molar-refractivity contribution in [2.75, 3.05) is 0 Å². The standard InChI is InChI=1S/C13H12ClNO2/c1-8-9(6-7-12(16)17)13(14)10-4-2-3-5-11(10)15-8/h2-5H,6-7H2,1H3,(H,16,17)/p-1. The largest absolute Gasteiger partial charge is 0.550 e. The van der Waals surface area contributed by atoms with Gasteiger partial charge in [0.1, 0.15) is 0 Å². The number of hydrogen-bond acceptors (Lipinski definition) is 3. The third-order valence-electron chi connectivity index (χ3n) is 2.71. The van der Waals surface area contributed by atoms with Crippen LogP contribution < -0.4 is 5.11 Å². The van der Waals surface area contributed by atoms with E-state index in [0.717, 1.165) is 22.2 Å². The van der Waals surface area contributed by atoms with E-state index in [1.165, 1.54) is 0 Å². The van der Waals surface area contributed by atoms with Gasteiger partial charge in [-0.05, 0) is 31.4 Å². The van der Waals surface area contributed by atoms with Gasteiger partial charge in [-0.2, -0.15) is 0 Å². The van der Waals surface area contributed by atoms with Crippen LogP contribution in [0.4, 0.5) is 0 Å². The van der Waals surface area contributed by atoms with Crippen molar-refractivity contribution in [3.05, 3.63) is 40.5 Å². The number of aryl methyl sites for hydroxylation is 1. The van der Waals surface area contributed by atoms with E-state index >= 15 is 0 Å². The number of benzene rings is 1. The topological polar surface area (TPSA) is 53.0 Å². The van der Waals surface area contributed by atoms with Gasteiger partial charge in [0.2, 0.25) is 0 Å². The molecule has 0 aliphatic rings. The van der Waals surface area contributed by atoms with Gasteiger partial charge in [-0.25, -0.2) is 0 Å². The van der Waals surface area contributed by atoms with Crippen LogP contribution in [0.3, 0.4) is 0 Å². The van der Waals surface area contributed by atoms with Crippen molar-refractivity contribution in [3.63, 3.8) is 0 Å². The van der Waals surface area contributed by atoms with Crippen LogP contribution in [0.2, 0.25) is 5.02 Å². The maximum absolute atomic E-state index is 10.5. The molecule has 2 aromatic rings. The summed E-state index contributed by atoms with van der Waals surface area (Å²) in [4.78, 5) is 14.9. The summed E-state index contributed by atoms with van der Waals surface area (Å²) in [6.45, 7) is 1.84. The quantitative estimate of drug-likeness (QED) is 0.833. The first-order chi connectivity index (χ1) is 8.09. The van der Waals surface area contributed by atoms with Crippen molar-refractivity contribution >= 4 is 28.5 Å². The van der Waals surface area contributed by atoms with Crippen LogP contribution in [0.5, 0.6) is 0 Å². The van der Waals surface area contributed by atoms with E-state index in [9.17, 15) is 9.90 Å². The first-order valence-corrected chi connectivity index (χ1v) is 5.71. The summed E-state index contributed by atoms with van der Waals surface area (Å²) in [6.07, 6.45) is 0.311. The molecule has 88 valence electrons. The number of fused-ring (bicyclic) bond motifs is 1. The lowest BCUT2D eigenvalue weighted by molar-refractivity contribution is -0.305. The second-order valence-corrected chi connectivity index (χ2v) is 4.26. The molecule has 0 unspecified atom stereocenters. The van der Waals surface area contributed by atoms with Gasteiger partial charge in [-0.15, -0.1) is 0 Å². The Bertz CT molecular complexity index is 581. The van der Waals surface area contributed by atoms with Gasteiger partial charge in [0.25, 0.3) is 0 Å². The molecule has 0 fully saturated rings. The molecule has 0 spiro atoms. The van der Waals surface area contributed by atoms with Gasteiger partial charge >= 0.3 is 0 Å². The Labute approximate surface area is 104 Å². The molecule has 1 aromatic carbocycles. The van der Waals surface area contributed by atoms with Crippen LogP contribution in [0.15, 0.2) is 24.3 Å². The van der Waals surface area contributed by atoms with Gasteiger partial charge in [-0.3, -0.25) is 4.98 Å². The minimum absolute atomic E-state index is 0.0411. The van der Waals surface area contributed by atoms with Crippen LogP contribution in [0.1, 0.15) is 17.7 Å². The Hall–Kier alpha value is -1.61. The maximum Gasteiger partial charge on any atom is 0.0720 e. The zero-order chi connectivity index (χ0) is 12.4. The number of carbonyl (C=O) groups excluding carboxylic acids is 1. The lowest BCUT2D eigenvalue weighted by Crippen LogP contribution is -2.22. The number of aliphatic carboxylic acids is 1. The normalized spacial score (nSPS) is 10.7. The summed E-state index contributed by atoms with van der Waals surface area (Å²) in [5.74, 6) is -1.08. The molecular formula is C13H11ClNO2-. The second-order valence-electron chi connectivity index (χ2n) is 3.88. The van der Waals surface area contributed by atoms with Crippen molar-refractivity contribution in [1.29, 1.82) is 0 Å². The number of pyridine rings is 1. The van der Waals surface area contributed by atoms with Gasteiger partial charge in [-0.1, -0.05) is 29.8 Å². The molecule has 0 aliphatic heterocycles. The fourth-order valence-corrected chi connectivity index (χ4v) is 2.24. The Kier molecular flexibility index (Phi) is 3.29. The molecule has 0 saturated heterocycles. The fraction of sp³-hybridized carbons (Fsp3) is 0.231. The molecule has 0 N–H and O–H groups in total. The van der Waals surface area contributed by atoms with E-state index in [1.54, 1.807) is 0 Å². The molecule has 3 nitrogen and oxygen atoms in total. The van der Waals surface area contributed by atoms with Crippen LogP contribution in [-0.2, 0) is 11.2 Å². The SMILES string of the molecule is Cc1nc2ccccc2c(Cl)c1CCC(=O)[O-]. The van der Waals surface area contributed by atoms with Crippen molar-refractivity contribution in [2.45, 2.75) is 19.8 Å².